The summed E-state index contributed by atoms with van der Waals surface area (Å²) in [7, 11) is 0. The number of carbonyl (C=O) groups excluding carboxylic acids is 2. The first-order valence-electron chi connectivity index (χ1n) is 6.45. The quantitative estimate of drug-likeness (QED) is 0.523. The standard InChI is InChI=1S/C15H18O5/c16-13(9-14(17)10-15(18)19)7-4-8-20-11-12-5-2-1-3-6-12/h1-3,5-6H,4,7-11H2,(H,18,19). The van der Waals surface area contributed by atoms with Crippen LogP contribution in [0.3, 0.4) is 0 Å². The second kappa shape index (κ2) is 8.98. The lowest BCUT2D eigenvalue weighted by atomic mass is 10.1. The molecule has 0 radical (unpaired) electrons. The molecular formula is C15H18O5. The molecular weight excluding hydrogens is 260 g/mol. The Kier molecular flexibility index (Phi) is 7.21. The number of hydrogen-bond donors (Lipinski definition) is 1. The van der Waals surface area contributed by atoms with Gasteiger partial charge in [-0.3, -0.25) is 14.4 Å². The lowest BCUT2D eigenvalue weighted by Gasteiger charge is -2.04. The van der Waals surface area contributed by atoms with Crippen molar-refractivity contribution in [2.24, 2.45) is 0 Å². The first-order valence-corrected chi connectivity index (χ1v) is 6.45. The van der Waals surface area contributed by atoms with Gasteiger partial charge in [0.1, 0.15) is 12.2 Å². The number of carbonyl (C=O) groups is 3. The van der Waals surface area contributed by atoms with Crippen LogP contribution in [0, 0.1) is 0 Å². The molecule has 0 spiro atoms. The van der Waals surface area contributed by atoms with E-state index in [1.165, 1.54) is 0 Å². The molecule has 5 heteroatoms. The van der Waals surface area contributed by atoms with E-state index in [0.717, 1.165) is 5.56 Å². The van der Waals surface area contributed by atoms with Gasteiger partial charge in [0.25, 0.3) is 0 Å². The lowest BCUT2D eigenvalue weighted by molar-refractivity contribution is -0.140. The fourth-order valence-electron chi connectivity index (χ4n) is 1.68. The number of carboxylic acid groups (broad SMARTS) is 1. The van der Waals surface area contributed by atoms with Crippen LogP contribution in [0.15, 0.2) is 30.3 Å². The van der Waals surface area contributed by atoms with Gasteiger partial charge in [0.05, 0.1) is 13.0 Å². The Bertz CT molecular complexity index is 453. The number of ether oxygens (including phenoxy) is 1. The molecule has 0 atom stereocenters. The highest BCUT2D eigenvalue weighted by molar-refractivity contribution is 6.05. The van der Waals surface area contributed by atoms with Crippen molar-refractivity contribution in [2.75, 3.05) is 6.61 Å². The predicted octanol–water partition coefficient (Wildman–Crippen LogP) is 1.99. The summed E-state index contributed by atoms with van der Waals surface area (Å²) < 4.78 is 5.41. The van der Waals surface area contributed by atoms with E-state index < -0.39 is 18.2 Å². The third kappa shape index (κ3) is 7.43. The molecule has 1 rings (SSSR count). The van der Waals surface area contributed by atoms with Gasteiger partial charge >= 0.3 is 5.97 Å². The molecule has 0 aliphatic rings. The molecule has 1 aromatic rings. The fourth-order valence-corrected chi connectivity index (χ4v) is 1.68. The average molecular weight is 278 g/mol. The zero-order chi connectivity index (χ0) is 14.8. The number of carboxylic acids is 1. The average Bonchev–Trinajstić information content (AvgIpc) is 2.38. The van der Waals surface area contributed by atoms with E-state index in [1.807, 2.05) is 30.3 Å². The highest BCUT2D eigenvalue weighted by Gasteiger charge is 2.12. The summed E-state index contributed by atoms with van der Waals surface area (Å²) in [5.41, 5.74) is 1.07. The van der Waals surface area contributed by atoms with E-state index in [4.69, 9.17) is 9.84 Å². The van der Waals surface area contributed by atoms with Gasteiger partial charge in [0.15, 0.2) is 5.78 Å². The van der Waals surface area contributed by atoms with Gasteiger partial charge < -0.3 is 9.84 Å². The summed E-state index contributed by atoms with van der Waals surface area (Å²) in [4.78, 5) is 32.8. The molecule has 0 heterocycles. The monoisotopic (exact) mass is 278 g/mol. The van der Waals surface area contributed by atoms with Crippen LogP contribution in [-0.2, 0) is 25.7 Å². The SMILES string of the molecule is O=C(O)CC(=O)CC(=O)CCCOCc1ccccc1. The van der Waals surface area contributed by atoms with E-state index in [1.54, 1.807) is 0 Å². The van der Waals surface area contributed by atoms with Crippen LogP contribution >= 0.6 is 0 Å². The Morgan fingerprint density at radius 3 is 2.35 bits per heavy atom. The second-order valence-corrected chi connectivity index (χ2v) is 4.47. The van der Waals surface area contributed by atoms with Crippen LogP contribution in [-0.4, -0.2) is 29.2 Å². The molecule has 0 saturated heterocycles. The molecule has 0 saturated carbocycles. The van der Waals surface area contributed by atoms with Crippen LogP contribution in [0.1, 0.15) is 31.2 Å². The first kappa shape index (κ1) is 16.0. The van der Waals surface area contributed by atoms with Crippen molar-refractivity contribution in [3.63, 3.8) is 0 Å². The molecule has 0 aromatic heterocycles. The smallest absolute Gasteiger partial charge is 0.310 e. The summed E-state index contributed by atoms with van der Waals surface area (Å²) in [6, 6.07) is 9.69. The zero-order valence-corrected chi connectivity index (χ0v) is 11.2. The van der Waals surface area contributed by atoms with E-state index >= 15 is 0 Å². The topological polar surface area (TPSA) is 80.7 Å². The highest BCUT2D eigenvalue weighted by Crippen LogP contribution is 2.03. The summed E-state index contributed by atoms with van der Waals surface area (Å²) in [5.74, 6) is -1.98. The van der Waals surface area contributed by atoms with Gasteiger partial charge in [0.2, 0.25) is 0 Å². The number of aliphatic carboxylic acids is 1. The van der Waals surface area contributed by atoms with E-state index in [-0.39, 0.29) is 18.6 Å². The summed E-state index contributed by atoms with van der Waals surface area (Å²) >= 11 is 0. The summed E-state index contributed by atoms with van der Waals surface area (Å²) in [6.07, 6.45) is -0.118. The maximum atomic E-state index is 11.4. The predicted molar refractivity (Wildman–Crippen MR) is 72.2 cm³/mol. The fraction of sp³-hybridized carbons (Fsp3) is 0.400. The van der Waals surface area contributed by atoms with Gasteiger partial charge in [-0.05, 0) is 12.0 Å². The van der Waals surface area contributed by atoms with Gasteiger partial charge in [-0.25, -0.2) is 0 Å². The Labute approximate surface area is 117 Å². The van der Waals surface area contributed by atoms with Gasteiger partial charge in [-0.1, -0.05) is 30.3 Å². The number of ketones is 2. The Morgan fingerprint density at radius 2 is 1.70 bits per heavy atom. The Balaban J connectivity index is 2.07. The molecule has 1 N–H and O–H groups in total. The van der Waals surface area contributed by atoms with E-state index in [0.29, 0.717) is 19.6 Å². The lowest BCUT2D eigenvalue weighted by Crippen LogP contribution is -2.12. The van der Waals surface area contributed by atoms with Crippen molar-refractivity contribution in [3.05, 3.63) is 35.9 Å². The van der Waals surface area contributed by atoms with E-state index in [2.05, 4.69) is 0 Å². The Morgan fingerprint density at radius 1 is 1.00 bits per heavy atom. The molecule has 0 fully saturated rings. The largest absolute Gasteiger partial charge is 0.481 e. The van der Waals surface area contributed by atoms with Crippen molar-refractivity contribution >= 4 is 17.5 Å². The first-order chi connectivity index (χ1) is 9.58. The molecule has 1 aromatic carbocycles. The van der Waals surface area contributed by atoms with Crippen molar-refractivity contribution in [2.45, 2.75) is 32.3 Å². The minimum absolute atomic E-state index is 0.236. The molecule has 0 aliphatic carbocycles. The molecule has 5 nitrogen and oxygen atoms in total. The third-order valence-electron chi connectivity index (χ3n) is 2.60. The normalized spacial score (nSPS) is 10.2. The third-order valence-corrected chi connectivity index (χ3v) is 2.60. The summed E-state index contributed by atoms with van der Waals surface area (Å²) in [6.45, 7) is 0.931. The van der Waals surface area contributed by atoms with E-state index in [9.17, 15) is 14.4 Å². The van der Waals surface area contributed by atoms with Gasteiger partial charge in [0, 0.05) is 13.0 Å². The molecule has 0 bridgehead atoms. The highest BCUT2D eigenvalue weighted by atomic mass is 16.5. The second-order valence-electron chi connectivity index (χ2n) is 4.47. The number of Topliss-reactive ketones (excluding diaryl/α,β-unsaturated/α-hetero) is 2. The van der Waals surface area contributed by atoms with Crippen LogP contribution in [0.25, 0.3) is 0 Å². The van der Waals surface area contributed by atoms with Crippen LogP contribution in [0.4, 0.5) is 0 Å². The van der Waals surface area contributed by atoms with Crippen molar-refractivity contribution in [1.29, 1.82) is 0 Å². The van der Waals surface area contributed by atoms with Crippen molar-refractivity contribution in [3.8, 4) is 0 Å². The number of rotatable bonds is 10. The van der Waals surface area contributed by atoms with Gasteiger partial charge in [-0.15, -0.1) is 0 Å². The minimum Gasteiger partial charge on any atom is -0.481 e. The van der Waals surface area contributed by atoms with Crippen LogP contribution in [0.5, 0.6) is 0 Å². The number of benzene rings is 1. The van der Waals surface area contributed by atoms with Crippen LogP contribution in [0.2, 0.25) is 0 Å². The molecule has 0 unspecified atom stereocenters. The molecule has 20 heavy (non-hydrogen) atoms. The van der Waals surface area contributed by atoms with Crippen molar-refractivity contribution in [1.82, 2.24) is 0 Å². The molecule has 0 aliphatic heterocycles. The Hall–Kier alpha value is -2.01. The number of hydrogen-bond acceptors (Lipinski definition) is 4. The summed E-state index contributed by atoms with van der Waals surface area (Å²) in [5, 5.41) is 8.40. The zero-order valence-electron chi connectivity index (χ0n) is 11.2. The van der Waals surface area contributed by atoms with Gasteiger partial charge in [-0.2, -0.15) is 0 Å². The molecule has 108 valence electrons. The minimum atomic E-state index is -1.20. The maximum Gasteiger partial charge on any atom is 0.310 e. The molecule has 0 amide bonds. The van der Waals surface area contributed by atoms with Crippen LogP contribution < -0.4 is 0 Å². The maximum absolute atomic E-state index is 11.4. The van der Waals surface area contributed by atoms with Crippen molar-refractivity contribution < 1.29 is 24.2 Å².